The third-order valence-electron chi connectivity index (χ3n) is 3.61. The van der Waals surface area contributed by atoms with Crippen molar-refractivity contribution in [2.24, 2.45) is 0 Å². The molecule has 0 radical (unpaired) electrons. The first-order valence-electron chi connectivity index (χ1n) is 8.73. The molecule has 0 aromatic heterocycles. The molecule has 0 unspecified atom stereocenters. The maximum Gasteiger partial charge on any atom is 0.0695 e. The number of allylic oxidation sites excluding steroid dienone is 2. The molecule has 0 N–H and O–H groups in total. The summed E-state index contributed by atoms with van der Waals surface area (Å²) in [5.74, 6) is 0. The van der Waals surface area contributed by atoms with E-state index in [-0.39, 0.29) is 0 Å². The van der Waals surface area contributed by atoms with E-state index >= 15 is 0 Å². The fraction of sp³-hybridized carbons (Fsp3) is 0.273. The van der Waals surface area contributed by atoms with Crippen molar-refractivity contribution >= 4 is 27.3 Å². The summed E-state index contributed by atoms with van der Waals surface area (Å²) in [7, 11) is -2.72. The van der Waals surface area contributed by atoms with E-state index in [1.54, 1.807) is 0 Å². The highest BCUT2D eigenvalue weighted by Crippen LogP contribution is 2.34. The van der Waals surface area contributed by atoms with Gasteiger partial charge in [0.1, 0.15) is 0 Å². The first-order chi connectivity index (χ1) is 11.2. The highest BCUT2D eigenvalue weighted by atomic mass is 28.3. The molecule has 0 spiro atoms. The Hall–Kier alpha value is -1.65. The second kappa shape index (κ2) is 7.50. The van der Waals surface area contributed by atoms with Gasteiger partial charge in [0.2, 0.25) is 0 Å². The van der Waals surface area contributed by atoms with Gasteiger partial charge >= 0.3 is 0 Å². The molecule has 0 atom stereocenters. The Morgan fingerprint density at radius 2 is 0.833 bits per heavy atom. The minimum absolute atomic E-state index is 1.33. The summed E-state index contributed by atoms with van der Waals surface area (Å²) in [6, 6.07) is 21.7. The summed E-state index contributed by atoms with van der Waals surface area (Å²) in [4.78, 5) is 0. The number of hydrogen-bond donors (Lipinski definition) is 0. The Labute approximate surface area is 150 Å². The Bertz CT molecular complexity index is 647. The average molecular weight is 351 g/mol. The van der Waals surface area contributed by atoms with Crippen LogP contribution in [0.25, 0.3) is 11.1 Å². The molecule has 2 heteroatoms. The molecule has 0 aliphatic heterocycles. The van der Waals surface area contributed by atoms with Crippen LogP contribution >= 0.6 is 0 Å². The van der Waals surface area contributed by atoms with E-state index in [1.807, 2.05) is 0 Å². The fourth-order valence-electron chi connectivity index (χ4n) is 2.73. The SMILES string of the molecule is C[Si](C)(C)/C=C(/C(=C/[Si](C)(C)C)c1ccccc1)c1ccccc1. The normalized spacial score (nSPS) is 13.9. The fourth-order valence-corrected chi connectivity index (χ4v) is 5.11. The number of benzene rings is 2. The summed E-state index contributed by atoms with van der Waals surface area (Å²) < 4.78 is 0. The van der Waals surface area contributed by atoms with Crippen molar-refractivity contribution in [1.82, 2.24) is 0 Å². The molecule has 2 aromatic carbocycles. The molecule has 0 saturated carbocycles. The average Bonchev–Trinajstić information content (AvgIpc) is 2.50. The van der Waals surface area contributed by atoms with Crippen molar-refractivity contribution < 1.29 is 0 Å². The summed E-state index contributed by atoms with van der Waals surface area (Å²) in [5.41, 5.74) is 10.6. The molecule has 0 fully saturated rings. The number of hydrogen-bond acceptors (Lipinski definition) is 0. The van der Waals surface area contributed by atoms with E-state index in [2.05, 4.69) is 111 Å². The first-order valence-corrected chi connectivity index (χ1v) is 15.9. The van der Waals surface area contributed by atoms with Gasteiger partial charge in [-0.2, -0.15) is 0 Å². The molecule has 0 bridgehead atoms. The van der Waals surface area contributed by atoms with Crippen LogP contribution in [0.5, 0.6) is 0 Å². The van der Waals surface area contributed by atoms with Gasteiger partial charge in [-0.1, -0.05) is 111 Å². The summed E-state index contributed by atoms with van der Waals surface area (Å²) >= 11 is 0. The van der Waals surface area contributed by atoms with Crippen molar-refractivity contribution in [1.29, 1.82) is 0 Å². The summed E-state index contributed by atoms with van der Waals surface area (Å²) in [6.45, 7) is 14.5. The van der Waals surface area contributed by atoms with E-state index in [0.717, 1.165) is 0 Å². The summed E-state index contributed by atoms with van der Waals surface area (Å²) in [6.07, 6.45) is 0. The first kappa shape index (κ1) is 18.7. The highest BCUT2D eigenvalue weighted by molar-refractivity contribution is 6.83. The second-order valence-corrected chi connectivity index (χ2v) is 18.6. The van der Waals surface area contributed by atoms with E-state index in [9.17, 15) is 0 Å². The van der Waals surface area contributed by atoms with Gasteiger partial charge in [0, 0.05) is 0 Å². The van der Waals surface area contributed by atoms with Crippen LogP contribution in [-0.4, -0.2) is 16.1 Å². The van der Waals surface area contributed by atoms with E-state index < -0.39 is 16.1 Å². The van der Waals surface area contributed by atoms with Crippen LogP contribution in [0, 0.1) is 0 Å². The maximum absolute atomic E-state index is 2.56. The predicted octanol–water partition coefficient (Wildman–Crippen LogP) is 6.91. The molecule has 126 valence electrons. The van der Waals surface area contributed by atoms with Gasteiger partial charge in [0.05, 0.1) is 16.1 Å². The lowest BCUT2D eigenvalue weighted by molar-refractivity contribution is 1.58. The Kier molecular flexibility index (Phi) is 5.84. The van der Waals surface area contributed by atoms with Gasteiger partial charge < -0.3 is 0 Å². The lowest BCUT2D eigenvalue weighted by Gasteiger charge is -2.22. The molecule has 2 rings (SSSR count). The molecule has 0 amide bonds. The smallest absolute Gasteiger partial charge is 0.0695 e. The van der Waals surface area contributed by atoms with E-state index in [1.165, 1.54) is 22.3 Å². The van der Waals surface area contributed by atoms with Crippen LogP contribution in [0.2, 0.25) is 39.3 Å². The third-order valence-corrected chi connectivity index (χ3v) is 5.92. The Morgan fingerprint density at radius 1 is 0.542 bits per heavy atom. The van der Waals surface area contributed by atoms with Crippen molar-refractivity contribution in [2.75, 3.05) is 0 Å². The van der Waals surface area contributed by atoms with Crippen LogP contribution in [0.15, 0.2) is 72.1 Å². The molecular formula is C22H30Si2. The lowest BCUT2D eigenvalue weighted by atomic mass is 9.95. The molecule has 0 aliphatic carbocycles. The third kappa shape index (κ3) is 5.77. The maximum atomic E-state index is 2.56. The van der Waals surface area contributed by atoms with Gasteiger partial charge in [0.25, 0.3) is 0 Å². The Balaban J connectivity index is 2.71. The van der Waals surface area contributed by atoms with Crippen LogP contribution < -0.4 is 0 Å². The minimum atomic E-state index is -1.36. The van der Waals surface area contributed by atoms with Crippen molar-refractivity contribution in [3.8, 4) is 0 Å². The predicted molar refractivity (Wildman–Crippen MR) is 116 cm³/mol. The van der Waals surface area contributed by atoms with Crippen molar-refractivity contribution in [3.63, 3.8) is 0 Å². The van der Waals surface area contributed by atoms with E-state index in [0.29, 0.717) is 0 Å². The van der Waals surface area contributed by atoms with Gasteiger partial charge in [-0.3, -0.25) is 0 Å². The Morgan fingerprint density at radius 3 is 1.08 bits per heavy atom. The molecule has 0 nitrogen and oxygen atoms in total. The molecule has 0 aliphatic rings. The molecule has 0 heterocycles. The summed E-state index contributed by atoms with van der Waals surface area (Å²) in [5, 5.41) is 0. The van der Waals surface area contributed by atoms with Gasteiger partial charge in [-0.15, -0.1) is 0 Å². The van der Waals surface area contributed by atoms with Crippen LogP contribution in [0.1, 0.15) is 11.1 Å². The molecule has 24 heavy (non-hydrogen) atoms. The van der Waals surface area contributed by atoms with Gasteiger partial charge in [-0.05, 0) is 22.3 Å². The monoisotopic (exact) mass is 350 g/mol. The van der Waals surface area contributed by atoms with Crippen molar-refractivity contribution in [2.45, 2.75) is 39.3 Å². The molecular weight excluding hydrogens is 320 g/mol. The number of rotatable bonds is 5. The molecule has 0 saturated heterocycles. The lowest BCUT2D eigenvalue weighted by Crippen LogP contribution is -2.19. The topological polar surface area (TPSA) is 0 Å². The minimum Gasteiger partial charge on any atom is -0.0867 e. The zero-order chi connectivity index (χ0) is 17.8. The zero-order valence-corrected chi connectivity index (χ0v) is 17.9. The quantitative estimate of drug-likeness (QED) is 0.406. The molecule has 2 aromatic rings. The van der Waals surface area contributed by atoms with E-state index in [4.69, 9.17) is 0 Å². The van der Waals surface area contributed by atoms with Crippen molar-refractivity contribution in [3.05, 3.63) is 83.2 Å². The van der Waals surface area contributed by atoms with Crippen LogP contribution in [-0.2, 0) is 0 Å². The largest absolute Gasteiger partial charge is 0.0867 e. The van der Waals surface area contributed by atoms with Gasteiger partial charge in [0.15, 0.2) is 0 Å². The standard InChI is InChI=1S/C22H30Si2/c1-23(2,3)17-21(19-13-9-7-10-14-19)22(18-24(4,5)6)20-15-11-8-12-16-20/h7-18H,1-6H3/b21-17+,22-18+. The zero-order valence-electron chi connectivity index (χ0n) is 15.9. The van der Waals surface area contributed by atoms with Crippen LogP contribution in [0.4, 0.5) is 0 Å². The second-order valence-electron chi connectivity index (χ2n) is 8.58. The highest BCUT2D eigenvalue weighted by Gasteiger charge is 2.19. The van der Waals surface area contributed by atoms with Gasteiger partial charge in [-0.25, -0.2) is 0 Å². The van der Waals surface area contributed by atoms with Crippen LogP contribution in [0.3, 0.4) is 0 Å².